The molecule has 112 valence electrons. The van der Waals surface area contributed by atoms with Crippen LogP contribution in [0.25, 0.3) is 0 Å². The topological polar surface area (TPSA) is 58.5 Å². The Kier molecular flexibility index (Phi) is 4.56. The molecule has 4 heteroatoms. The van der Waals surface area contributed by atoms with Gasteiger partial charge in [0.05, 0.1) is 5.71 Å². The number of hydrogen-bond acceptors (Lipinski definition) is 2. The van der Waals surface area contributed by atoms with E-state index in [2.05, 4.69) is 24.2 Å². The maximum atomic E-state index is 11.8. The molecule has 1 aliphatic heterocycles. The maximum absolute atomic E-state index is 11.8. The van der Waals surface area contributed by atoms with Crippen LogP contribution in [0.5, 0.6) is 0 Å². The molecule has 1 atom stereocenters. The highest BCUT2D eigenvalue weighted by Gasteiger charge is 2.27. The van der Waals surface area contributed by atoms with Crippen LogP contribution < -0.4 is 5.32 Å². The molecule has 4 nitrogen and oxygen atoms in total. The molecule has 1 unspecified atom stereocenters. The molecule has 0 saturated heterocycles. The van der Waals surface area contributed by atoms with Crippen molar-refractivity contribution in [1.82, 2.24) is 5.32 Å². The van der Waals surface area contributed by atoms with Crippen LogP contribution in [-0.2, 0) is 9.59 Å². The van der Waals surface area contributed by atoms with Gasteiger partial charge in [0.1, 0.15) is 0 Å². The van der Waals surface area contributed by atoms with Crippen LogP contribution >= 0.6 is 0 Å². The number of nitrogens with zero attached hydrogens (tertiary/aromatic N) is 1. The molecule has 0 saturated carbocycles. The van der Waals surface area contributed by atoms with Gasteiger partial charge in [0.15, 0.2) is 0 Å². The number of rotatable bonds is 3. The Labute approximate surface area is 125 Å². The fourth-order valence-electron chi connectivity index (χ4n) is 2.55. The molecule has 0 aromatic heterocycles. The molecule has 2 amide bonds. The van der Waals surface area contributed by atoms with Crippen molar-refractivity contribution in [2.45, 2.75) is 34.1 Å². The standard InChI is InChI=1S/C17H22N2O2/c1-10(2)7-16(20)18-12-5-6-13-14(11(3)4)9-17(21)19-15(13)8-12/h5-6,8-11,13H,7H2,1-4H3,(H,19,21). The lowest BCUT2D eigenvalue weighted by Crippen LogP contribution is -2.34. The largest absolute Gasteiger partial charge is 0.325 e. The lowest BCUT2D eigenvalue weighted by molar-refractivity contribution is -0.118. The quantitative estimate of drug-likeness (QED) is 0.867. The smallest absolute Gasteiger partial charge is 0.248 e. The number of carbonyl (C=O) groups is 2. The summed E-state index contributed by atoms with van der Waals surface area (Å²) in [6, 6.07) is 0. The third-order valence-corrected chi connectivity index (χ3v) is 3.53. The van der Waals surface area contributed by atoms with Crippen molar-refractivity contribution in [2.75, 3.05) is 0 Å². The summed E-state index contributed by atoms with van der Waals surface area (Å²) in [5.74, 6) is 0.447. The molecule has 1 aliphatic carbocycles. The van der Waals surface area contributed by atoms with Crippen molar-refractivity contribution in [3.63, 3.8) is 0 Å². The number of hydrogen-bond donors (Lipinski definition) is 1. The van der Waals surface area contributed by atoms with Crippen LogP contribution in [0.2, 0.25) is 0 Å². The van der Waals surface area contributed by atoms with E-state index in [9.17, 15) is 9.59 Å². The number of nitrogens with one attached hydrogen (secondary N) is 1. The number of fused-ring (bicyclic) bond motifs is 1. The van der Waals surface area contributed by atoms with E-state index in [0.717, 1.165) is 11.3 Å². The van der Waals surface area contributed by atoms with Gasteiger partial charge in [-0.2, -0.15) is 0 Å². The first kappa shape index (κ1) is 15.4. The Morgan fingerprint density at radius 1 is 1.29 bits per heavy atom. The van der Waals surface area contributed by atoms with E-state index in [1.54, 1.807) is 12.2 Å². The van der Waals surface area contributed by atoms with Crippen LogP contribution in [0.1, 0.15) is 34.1 Å². The lowest BCUT2D eigenvalue weighted by Gasteiger charge is -2.29. The van der Waals surface area contributed by atoms with E-state index in [-0.39, 0.29) is 17.7 Å². The van der Waals surface area contributed by atoms with E-state index in [4.69, 9.17) is 0 Å². The Morgan fingerprint density at radius 3 is 2.62 bits per heavy atom. The Bertz CT molecular complexity index is 578. The van der Waals surface area contributed by atoms with E-state index >= 15 is 0 Å². The summed E-state index contributed by atoms with van der Waals surface area (Å²) in [7, 11) is 0. The molecule has 1 N–H and O–H groups in total. The third kappa shape index (κ3) is 3.78. The summed E-state index contributed by atoms with van der Waals surface area (Å²) in [5.41, 5.74) is 2.51. The van der Waals surface area contributed by atoms with Gasteiger partial charge in [0.25, 0.3) is 0 Å². The van der Waals surface area contributed by atoms with Crippen LogP contribution in [0, 0.1) is 17.8 Å². The molecule has 2 rings (SSSR count). The molecular formula is C17H22N2O2. The van der Waals surface area contributed by atoms with Gasteiger partial charge in [-0.15, -0.1) is 0 Å². The average molecular weight is 286 g/mol. The molecule has 0 aromatic rings. The van der Waals surface area contributed by atoms with Crippen LogP contribution in [0.4, 0.5) is 0 Å². The molecule has 21 heavy (non-hydrogen) atoms. The van der Waals surface area contributed by atoms with Gasteiger partial charge < -0.3 is 5.32 Å². The molecule has 2 aliphatic rings. The monoisotopic (exact) mass is 286 g/mol. The summed E-state index contributed by atoms with van der Waals surface area (Å²) in [5, 5.41) is 2.85. The number of carbonyl (C=O) groups excluding carboxylic acids is 2. The summed E-state index contributed by atoms with van der Waals surface area (Å²) in [6.45, 7) is 8.13. The normalized spacial score (nSPS) is 23.0. The second-order valence-corrected chi connectivity index (χ2v) is 6.25. The summed E-state index contributed by atoms with van der Waals surface area (Å²) in [4.78, 5) is 27.6. The zero-order valence-corrected chi connectivity index (χ0v) is 13.0. The first-order valence-electron chi connectivity index (χ1n) is 7.40. The second-order valence-electron chi connectivity index (χ2n) is 6.25. The molecule has 0 fully saturated rings. The van der Waals surface area contributed by atoms with Crippen molar-refractivity contribution >= 4 is 17.5 Å². The number of amides is 2. The molecule has 0 bridgehead atoms. The van der Waals surface area contributed by atoms with Gasteiger partial charge in [-0.1, -0.05) is 33.8 Å². The van der Waals surface area contributed by atoms with Crippen LogP contribution in [0.15, 0.2) is 40.6 Å². The van der Waals surface area contributed by atoms with Crippen molar-refractivity contribution in [3.05, 3.63) is 35.6 Å². The van der Waals surface area contributed by atoms with Gasteiger partial charge in [0.2, 0.25) is 11.8 Å². The van der Waals surface area contributed by atoms with Gasteiger partial charge in [-0.25, -0.2) is 4.99 Å². The van der Waals surface area contributed by atoms with Crippen LogP contribution in [-0.4, -0.2) is 17.5 Å². The summed E-state index contributed by atoms with van der Waals surface area (Å²) in [6.07, 6.45) is 7.77. The second kappa shape index (κ2) is 6.20. The summed E-state index contributed by atoms with van der Waals surface area (Å²) < 4.78 is 0. The highest BCUT2D eigenvalue weighted by atomic mass is 16.2. The van der Waals surface area contributed by atoms with Crippen LogP contribution in [0.3, 0.4) is 0 Å². The number of allylic oxidation sites excluding steroid dienone is 3. The van der Waals surface area contributed by atoms with Gasteiger partial charge in [-0.05, 0) is 29.6 Å². The zero-order chi connectivity index (χ0) is 15.6. The van der Waals surface area contributed by atoms with E-state index in [1.807, 2.05) is 26.0 Å². The fourth-order valence-corrected chi connectivity index (χ4v) is 2.55. The molecule has 0 spiro atoms. The van der Waals surface area contributed by atoms with E-state index < -0.39 is 0 Å². The molecule has 1 heterocycles. The zero-order valence-electron chi connectivity index (χ0n) is 13.0. The van der Waals surface area contributed by atoms with Crippen molar-refractivity contribution in [3.8, 4) is 0 Å². The first-order chi connectivity index (χ1) is 9.86. The van der Waals surface area contributed by atoms with E-state index in [0.29, 0.717) is 24.0 Å². The Hall–Kier alpha value is -1.97. The maximum Gasteiger partial charge on any atom is 0.248 e. The van der Waals surface area contributed by atoms with Crippen molar-refractivity contribution < 1.29 is 9.59 Å². The van der Waals surface area contributed by atoms with Crippen molar-refractivity contribution in [1.29, 1.82) is 0 Å². The highest BCUT2D eigenvalue weighted by Crippen LogP contribution is 2.31. The predicted molar refractivity (Wildman–Crippen MR) is 83.7 cm³/mol. The summed E-state index contributed by atoms with van der Waals surface area (Å²) >= 11 is 0. The SMILES string of the molecule is CC(C)CC(=O)N=C1C=CC2C(=C1)NC(=O)C=C2C(C)C. The van der Waals surface area contributed by atoms with E-state index in [1.165, 1.54) is 0 Å². The minimum Gasteiger partial charge on any atom is -0.325 e. The molecular weight excluding hydrogens is 264 g/mol. The van der Waals surface area contributed by atoms with Gasteiger partial charge in [-0.3, -0.25) is 9.59 Å². The average Bonchev–Trinajstić information content (AvgIpc) is 2.35. The first-order valence-corrected chi connectivity index (χ1v) is 7.40. The minimum absolute atomic E-state index is 0.0850. The van der Waals surface area contributed by atoms with Gasteiger partial charge >= 0.3 is 0 Å². The molecule has 0 radical (unpaired) electrons. The highest BCUT2D eigenvalue weighted by molar-refractivity contribution is 6.11. The minimum atomic E-state index is -0.123. The fraction of sp³-hybridized carbons (Fsp3) is 0.471. The lowest BCUT2D eigenvalue weighted by atomic mass is 9.82. The number of aliphatic imine (C=N–C) groups is 1. The molecule has 0 aromatic carbocycles. The third-order valence-electron chi connectivity index (χ3n) is 3.53. The predicted octanol–water partition coefficient (Wildman–Crippen LogP) is 2.78. The Morgan fingerprint density at radius 2 is 2.00 bits per heavy atom. The van der Waals surface area contributed by atoms with Crippen molar-refractivity contribution in [2.24, 2.45) is 22.7 Å². The van der Waals surface area contributed by atoms with Gasteiger partial charge in [0, 0.05) is 24.1 Å². The Balaban J connectivity index is 2.23.